The number of thiazole rings is 1. The number of nitrogens with zero attached hydrogens (tertiary/aromatic N) is 2. The van der Waals surface area contributed by atoms with E-state index in [-0.39, 0.29) is 0 Å². The molecule has 1 aliphatic heterocycles. The van der Waals surface area contributed by atoms with Crippen LogP contribution in [0.25, 0.3) is 10.4 Å². The second-order valence-corrected chi connectivity index (χ2v) is 5.90. The number of rotatable bonds is 5. The smallest absolute Gasteiger partial charge is 0.119 e. The highest BCUT2D eigenvalue weighted by Gasteiger charge is 2.11. The third-order valence-corrected chi connectivity index (χ3v) is 4.42. The average molecular weight is 305 g/mol. The molecule has 0 atom stereocenters. The molecule has 112 valence electrons. The number of nitrogens with one attached hydrogen (secondary N) is 1. The molecule has 3 rings (SSSR count). The van der Waals surface area contributed by atoms with Crippen LogP contribution in [-0.2, 0) is 11.3 Å². The van der Waals surface area contributed by atoms with E-state index in [4.69, 9.17) is 9.47 Å². The topological polar surface area (TPSA) is 46.6 Å². The summed E-state index contributed by atoms with van der Waals surface area (Å²) in [7, 11) is 1.68. The van der Waals surface area contributed by atoms with Gasteiger partial charge in [-0.25, -0.2) is 15.4 Å². The van der Waals surface area contributed by atoms with Gasteiger partial charge in [-0.3, -0.25) is 0 Å². The first kappa shape index (κ1) is 14.5. The Kier molecular flexibility index (Phi) is 4.82. The Labute approximate surface area is 128 Å². The van der Waals surface area contributed by atoms with Crippen molar-refractivity contribution in [2.24, 2.45) is 0 Å². The van der Waals surface area contributed by atoms with Crippen molar-refractivity contribution in [1.29, 1.82) is 0 Å². The normalized spacial score (nSPS) is 16.0. The van der Waals surface area contributed by atoms with E-state index in [1.165, 1.54) is 0 Å². The first-order valence-corrected chi connectivity index (χ1v) is 7.82. The maximum atomic E-state index is 5.33. The Morgan fingerprint density at radius 2 is 2.24 bits per heavy atom. The van der Waals surface area contributed by atoms with Crippen LogP contribution in [0.3, 0.4) is 0 Å². The van der Waals surface area contributed by atoms with Gasteiger partial charge in [-0.2, -0.15) is 0 Å². The number of ether oxygens (including phenoxy) is 2. The lowest BCUT2D eigenvalue weighted by molar-refractivity contribution is 0.0105. The van der Waals surface area contributed by atoms with Gasteiger partial charge in [0.05, 0.1) is 31.7 Å². The molecule has 2 aromatic rings. The van der Waals surface area contributed by atoms with Crippen molar-refractivity contribution in [2.75, 3.05) is 33.4 Å². The molecule has 21 heavy (non-hydrogen) atoms. The third kappa shape index (κ3) is 3.79. The van der Waals surface area contributed by atoms with E-state index in [2.05, 4.69) is 21.5 Å². The molecule has 0 aliphatic carbocycles. The molecule has 6 heteroatoms. The molecule has 0 bridgehead atoms. The Bertz CT molecular complexity index is 582. The van der Waals surface area contributed by atoms with Gasteiger partial charge in [-0.15, -0.1) is 11.3 Å². The Hall–Kier alpha value is -1.47. The number of aromatic nitrogens is 1. The third-order valence-electron chi connectivity index (χ3n) is 3.37. The lowest BCUT2D eigenvalue weighted by Crippen LogP contribution is -2.45. The summed E-state index contributed by atoms with van der Waals surface area (Å²) in [6.45, 7) is 4.19. The van der Waals surface area contributed by atoms with Gasteiger partial charge >= 0.3 is 0 Å². The SMILES string of the molecule is COc1cccc(-c2cnc(CNN3CCOCC3)s2)c1. The summed E-state index contributed by atoms with van der Waals surface area (Å²) < 4.78 is 10.6. The average Bonchev–Trinajstić information content (AvgIpc) is 3.03. The minimum atomic E-state index is 0.759. The summed E-state index contributed by atoms with van der Waals surface area (Å²) in [5.41, 5.74) is 4.54. The zero-order valence-corrected chi connectivity index (χ0v) is 12.9. The van der Waals surface area contributed by atoms with E-state index in [9.17, 15) is 0 Å². The van der Waals surface area contributed by atoms with E-state index < -0.39 is 0 Å². The lowest BCUT2D eigenvalue weighted by atomic mass is 10.2. The molecule has 2 heterocycles. The number of hydrazine groups is 1. The van der Waals surface area contributed by atoms with Crippen LogP contribution in [0.15, 0.2) is 30.5 Å². The highest BCUT2D eigenvalue weighted by Crippen LogP contribution is 2.28. The second-order valence-electron chi connectivity index (χ2n) is 4.78. The van der Waals surface area contributed by atoms with Crippen molar-refractivity contribution < 1.29 is 9.47 Å². The van der Waals surface area contributed by atoms with Gasteiger partial charge in [0.2, 0.25) is 0 Å². The molecular formula is C15H19N3O2S. The summed E-state index contributed by atoms with van der Waals surface area (Å²) in [4.78, 5) is 5.65. The summed E-state index contributed by atoms with van der Waals surface area (Å²) in [6.07, 6.45) is 1.93. The highest BCUT2D eigenvalue weighted by atomic mass is 32.1. The molecule has 1 saturated heterocycles. The van der Waals surface area contributed by atoms with Gasteiger partial charge < -0.3 is 9.47 Å². The lowest BCUT2D eigenvalue weighted by Gasteiger charge is -2.26. The molecule has 0 amide bonds. The van der Waals surface area contributed by atoms with Crippen LogP contribution in [0, 0.1) is 0 Å². The Morgan fingerprint density at radius 3 is 3.05 bits per heavy atom. The predicted octanol–water partition coefficient (Wildman–Crippen LogP) is 2.16. The van der Waals surface area contributed by atoms with Crippen LogP contribution in [0.1, 0.15) is 5.01 Å². The maximum Gasteiger partial charge on any atom is 0.119 e. The molecule has 0 unspecified atom stereocenters. The number of benzene rings is 1. The number of hydrogen-bond acceptors (Lipinski definition) is 6. The van der Waals surface area contributed by atoms with Crippen molar-refractivity contribution in [3.05, 3.63) is 35.5 Å². The van der Waals surface area contributed by atoms with Crippen molar-refractivity contribution in [2.45, 2.75) is 6.54 Å². The molecule has 1 aromatic carbocycles. The largest absolute Gasteiger partial charge is 0.497 e. The van der Waals surface area contributed by atoms with E-state index in [0.29, 0.717) is 0 Å². The first-order chi connectivity index (χ1) is 10.3. The predicted molar refractivity (Wildman–Crippen MR) is 83.3 cm³/mol. The molecule has 1 aliphatic rings. The minimum absolute atomic E-state index is 0.759. The first-order valence-electron chi connectivity index (χ1n) is 7.00. The van der Waals surface area contributed by atoms with Gasteiger partial charge in [0.25, 0.3) is 0 Å². The number of morpholine rings is 1. The van der Waals surface area contributed by atoms with Crippen LogP contribution in [0.2, 0.25) is 0 Å². The van der Waals surface area contributed by atoms with Crippen molar-refractivity contribution in [3.8, 4) is 16.2 Å². The Balaban J connectivity index is 1.62. The van der Waals surface area contributed by atoms with Crippen LogP contribution in [0.5, 0.6) is 5.75 Å². The molecule has 1 N–H and O–H groups in total. The maximum absolute atomic E-state index is 5.33. The van der Waals surface area contributed by atoms with E-state index in [1.807, 2.05) is 24.4 Å². The fourth-order valence-electron chi connectivity index (χ4n) is 2.20. The summed E-state index contributed by atoms with van der Waals surface area (Å²) in [6, 6.07) is 8.06. The van der Waals surface area contributed by atoms with Crippen molar-refractivity contribution in [3.63, 3.8) is 0 Å². The van der Waals surface area contributed by atoms with Crippen LogP contribution < -0.4 is 10.2 Å². The standard InChI is InChI=1S/C15H19N3O2S/c1-19-13-4-2-3-12(9-13)14-10-16-15(21-14)11-17-18-5-7-20-8-6-18/h2-4,9-10,17H,5-8,11H2,1H3. The van der Waals surface area contributed by atoms with Gasteiger partial charge in [-0.05, 0) is 17.7 Å². The quantitative estimate of drug-likeness (QED) is 0.917. The fourth-order valence-corrected chi connectivity index (χ4v) is 3.05. The molecule has 0 radical (unpaired) electrons. The summed E-state index contributed by atoms with van der Waals surface area (Å²) >= 11 is 1.71. The second kappa shape index (κ2) is 7.00. The van der Waals surface area contributed by atoms with E-state index in [0.717, 1.165) is 54.0 Å². The van der Waals surface area contributed by atoms with E-state index >= 15 is 0 Å². The monoisotopic (exact) mass is 305 g/mol. The molecule has 5 nitrogen and oxygen atoms in total. The van der Waals surface area contributed by atoms with Crippen molar-refractivity contribution in [1.82, 2.24) is 15.4 Å². The fraction of sp³-hybridized carbons (Fsp3) is 0.400. The summed E-state index contributed by atoms with van der Waals surface area (Å²) in [5.74, 6) is 0.869. The number of hydrogen-bond donors (Lipinski definition) is 1. The molecule has 0 spiro atoms. The van der Waals surface area contributed by atoms with Gasteiger partial charge in [0, 0.05) is 19.3 Å². The molecule has 1 fully saturated rings. The minimum Gasteiger partial charge on any atom is -0.497 e. The van der Waals surface area contributed by atoms with Crippen LogP contribution >= 0.6 is 11.3 Å². The van der Waals surface area contributed by atoms with Crippen LogP contribution in [-0.4, -0.2) is 43.4 Å². The zero-order chi connectivity index (χ0) is 14.5. The van der Waals surface area contributed by atoms with Gasteiger partial charge in [0.15, 0.2) is 0 Å². The summed E-state index contributed by atoms with van der Waals surface area (Å²) in [5, 5.41) is 3.27. The van der Waals surface area contributed by atoms with Crippen molar-refractivity contribution >= 4 is 11.3 Å². The van der Waals surface area contributed by atoms with E-state index in [1.54, 1.807) is 18.4 Å². The molecule has 0 saturated carbocycles. The molecular weight excluding hydrogens is 286 g/mol. The zero-order valence-electron chi connectivity index (χ0n) is 12.0. The van der Waals surface area contributed by atoms with Gasteiger partial charge in [0.1, 0.15) is 10.8 Å². The Morgan fingerprint density at radius 1 is 1.38 bits per heavy atom. The van der Waals surface area contributed by atoms with Crippen LogP contribution in [0.4, 0.5) is 0 Å². The number of methoxy groups -OCH3 is 1. The highest BCUT2D eigenvalue weighted by molar-refractivity contribution is 7.15. The van der Waals surface area contributed by atoms with Gasteiger partial charge in [-0.1, -0.05) is 12.1 Å². The molecule has 1 aromatic heterocycles.